The molecule has 136 valence electrons. The molecule has 0 bridgehead atoms. The number of methoxy groups -OCH3 is 1. The predicted molar refractivity (Wildman–Crippen MR) is 105 cm³/mol. The third-order valence-electron chi connectivity index (χ3n) is 4.53. The van der Waals surface area contributed by atoms with Gasteiger partial charge in [0.25, 0.3) is 0 Å². The first-order chi connectivity index (χ1) is 13.0. The predicted octanol–water partition coefficient (Wildman–Crippen LogP) is 4.11. The largest absolute Gasteiger partial charge is 0.497 e. The molecule has 0 amide bonds. The van der Waals surface area contributed by atoms with Crippen molar-refractivity contribution < 1.29 is 14.6 Å². The number of aryl methyl sites for hydroxylation is 1. The Hall–Kier alpha value is -3.54. The van der Waals surface area contributed by atoms with E-state index in [0.717, 1.165) is 39.2 Å². The molecule has 2 N–H and O–H groups in total. The lowest BCUT2D eigenvalue weighted by Crippen LogP contribution is -2.05. The first-order valence-electron chi connectivity index (χ1n) is 8.58. The summed E-state index contributed by atoms with van der Waals surface area (Å²) in [6, 6.07) is 14.9. The minimum Gasteiger partial charge on any atom is -0.497 e. The zero-order valence-electron chi connectivity index (χ0n) is 15.1. The van der Waals surface area contributed by atoms with E-state index in [4.69, 9.17) is 9.72 Å². The maximum Gasteiger partial charge on any atom is 0.335 e. The molecule has 0 fully saturated rings. The standard InChI is InChI=1S/C21H19N3O3/c1-13-9-19-20(22-11-14-3-6-16(27-2)7-4-14)23-17-8-5-15(21(25)26)10-18(17)24(19)12-13/h3-10,12H,11H2,1-2H3,(H,22,23)(H,25,26). The number of hydrogen-bond acceptors (Lipinski definition) is 4. The van der Waals surface area contributed by atoms with Crippen LogP contribution in [0.5, 0.6) is 5.75 Å². The molecule has 2 aromatic heterocycles. The van der Waals surface area contributed by atoms with E-state index < -0.39 is 5.97 Å². The van der Waals surface area contributed by atoms with E-state index in [1.165, 1.54) is 0 Å². The zero-order chi connectivity index (χ0) is 19.0. The molecule has 0 aliphatic heterocycles. The van der Waals surface area contributed by atoms with Crippen LogP contribution in [0.4, 0.5) is 5.82 Å². The number of anilines is 1. The second-order valence-electron chi connectivity index (χ2n) is 6.44. The first-order valence-corrected chi connectivity index (χ1v) is 8.58. The van der Waals surface area contributed by atoms with Gasteiger partial charge in [0, 0.05) is 12.7 Å². The SMILES string of the molecule is COc1ccc(CNc2nc3ccc(C(=O)O)cc3n3cc(C)cc23)cc1. The molecular weight excluding hydrogens is 342 g/mol. The van der Waals surface area contributed by atoms with Crippen LogP contribution in [0, 0.1) is 6.92 Å². The number of carboxylic acids is 1. The number of nitrogens with zero attached hydrogens (tertiary/aromatic N) is 2. The van der Waals surface area contributed by atoms with E-state index in [-0.39, 0.29) is 5.56 Å². The van der Waals surface area contributed by atoms with Gasteiger partial charge in [0.15, 0.2) is 5.82 Å². The Morgan fingerprint density at radius 1 is 1.15 bits per heavy atom. The van der Waals surface area contributed by atoms with E-state index in [1.807, 2.05) is 47.9 Å². The zero-order valence-corrected chi connectivity index (χ0v) is 15.1. The van der Waals surface area contributed by atoms with Crippen molar-refractivity contribution in [2.75, 3.05) is 12.4 Å². The Kier molecular flexibility index (Phi) is 4.16. The maximum atomic E-state index is 11.3. The highest BCUT2D eigenvalue weighted by Gasteiger charge is 2.12. The second kappa shape index (κ2) is 6.64. The Morgan fingerprint density at radius 2 is 1.93 bits per heavy atom. The number of nitrogens with one attached hydrogen (secondary N) is 1. The number of fused-ring (bicyclic) bond motifs is 3. The topological polar surface area (TPSA) is 75.9 Å². The van der Waals surface area contributed by atoms with E-state index in [1.54, 1.807) is 25.3 Å². The highest BCUT2D eigenvalue weighted by molar-refractivity contribution is 5.94. The molecule has 0 spiro atoms. The van der Waals surface area contributed by atoms with Crippen molar-refractivity contribution in [3.05, 3.63) is 71.4 Å². The lowest BCUT2D eigenvalue weighted by molar-refractivity contribution is 0.0697. The van der Waals surface area contributed by atoms with Crippen LogP contribution in [-0.2, 0) is 6.54 Å². The molecule has 6 nitrogen and oxygen atoms in total. The van der Waals surface area contributed by atoms with Crippen LogP contribution in [0.25, 0.3) is 16.6 Å². The molecule has 0 aliphatic carbocycles. The van der Waals surface area contributed by atoms with Gasteiger partial charge in [-0.25, -0.2) is 9.78 Å². The summed E-state index contributed by atoms with van der Waals surface area (Å²) in [5.74, 6) is 0.631. The number of hydrogen-bond donors (Lipinski definition) is 2. The number of aromatic nitrogens is 2. The summed E-state index contributed by atoms with van der Waals surface area (Å²) in [4.78, 5) is 16.0. The summed E-state index contributed by atoms with van der Waals surface area (Å²) in [6.45, 7) is 2.63. The van der Waals surface area contributed by atoms with Crippen LogP contribution in [0.2, 0.25) is 0 Å². The van der Waals surface area contributed by atoms with Crippen LogP contribution in [0.1, 0.15) is 21.5 Å². The van der Waals surface area contributed by atoms with Gasteiger partial charge < -0.3 is 19.6 Å². The van der Waals surface area contributed by atoms with Gasteiger partial charge in [0.1, 0.15) is 5.75 Å². The number of aromatic carboxylic acids is 1. The van der Waals surface area contributed by atoms with Gasteiger partial charge in [0.2, 0.25) is 0 Å². The van der Waals surface area contributed by atoms with Gasteiger partial charge in [-0.1, -0.05) is 12.1 Å². The van der Waals surface area contributed by atoms with Crippen LogP contribution in [-0.4, -0.2) is 27.6 Å². The van der Waals surface area contributed by atoms with Crippen LogP contribution in [0.3, 0.4) is 0 Å². The van der Waals surface area contributed by atoms with Crippen LogP contribution < -0.4 is 10.1 Å². The molecule has 4 aromatic rings. The molecule has 0 aliphatic rings. The monoisotopic (exact) mass is 361 g/mol. The highest BCUT2D eigenvalue weighted by atomic mass is 16.5. The molecule has 2 heterocycles. The molecule has 2 aromatic carbocycles. The van der Waals surface area contributed by atoms with E-state index in [9.17, 15) is 9.90 Å². The average molecular weight is 361 g/mol. The fourth-order valence-electron chi connectivity index (χ4n) is 3.16. The molecule has 0 radical (unpaired) electrons. The van der Waals surface area contributed by atoms with Crippen LogP contribution >= 0.6 is 0 Å². The molecule has 0 saturated carbocycles. The third kappa shape index (κ3) is 3.17. The minimum atomic E-state index is -0.948. The molecular formula is C21H19N3O3. The summed E-state index contributed by atoms with van der Waals surface area (Å²) in [5, 5.41) is 12.7. The Balaban J connectivity index is 1.75. The second-order valence-corrected chi connectivity index (χ2v) is 6.44. The maximum absolute atomic E-state index is 11.3. The van der Waals surface area contributed by atoms with Crippen molar-refractivity contribution in [2.45, 2.75) is 13.5 Å². The number of ether oxygens (including phenoxy) is 1. The molecule has 0 saturated heterocycles. The highest BCUT2D eigenvalue weighted by Crippen LogP contribution is 2.25. The number of benzene rings is 2. The minimum absolute atomic E-state index is 0.246. The summed E-state index contributed by atoms with van der Waals surface area (Å²) in [6.07, 6.45) is 1.99. The van der Waals surface area contributed by atoms with Crippen molar-refractivity contribution >= 4 is 28.3 Å². The van der Waals surface area contributed by atoms with Crippen molar-refractivity contribution in [1.29, 1.82) is 0 Å². The third-order valence-corrected chi connectivity index (χ3v) is 4.53. The van der Waals surface area contributed by atoms with Gasteiger partial charge in [-0.2, -0.15) is 0 Å². The molecule has 4 rings (SSSR count). The normalized spacial score (nSPS) is 11.0. The number of rotatable bonds is 5. The Morgan fingerprint density at radius 3 is 2.63 bits per heavy atom. The van der Waals surface area contributed by atoms with Gasteiger partial charge in [0.05, 0.1) is 29.2 Å². The number of carboxylic acid groups (broad SMARTS) is 1. The summed E-state index contributed by atoms with van der Waals surface area (Å²) in [7, 11) is 1.65. The van der Waals surface area contributed by atoms with Crippen molar-refractivity contribution in [1.82, 2.24) is 9.38 Å². The molecule has 0 unspecified atom stereocenters. The lowest BCUT2D eigenvalue weighted by atomic mass is 10.2. The fraction of sp³-hybridized carbons (Fsp3) is 0.143. The van der Waals surface area contributed by atoms with Gasteiger partial charge in [-0.3, -0.25) is 0 Å². The molecule has 27 heavy (non-hydrogen) atoms. The van der Waals surface area contributed by atoms with Crippen molar-refractivity contribution in [3.63, 3.8) is 0 Å². The summed E-state index contributed by atoms with van der Waals surface area (Å²) in [5.41, 5.74) is 4.86. The average Bonchev–Trinajstić information content (AvgIpc) is 3.08. The molecule has 0 atom stereocenters. The van der Waals surface area contributed by atoms with Gasteiger partial charge in [-0.15, -0.1) is 0 Å². The Bertz CT molecular complexity index is 1150. The summed E-state index contributed by atoms with van der Waals surface area (Å²) < 4.78 is 7.18. The lowest BCUT2D eigenvalue weighted by Gasteiger charge is -2.11. The van der Waals surface area contributed by atoms with Crippen molar-refractivity contribution in [2.24, 2.45) is 0 Å². The van der Waals surface area contributed by atoms with E-state index in [0.29, 0.717) is 6.54 Å². The molecule has 6 heteroatoms. The smallest absolute Gasteiger partial charge is 0.335 e. The Labute approximate surface area is 156 Å². The summed E-state index contributed by atoms with van der Waals surface area (Å²) >= 11 is 0. The fourth-order valence-corrected chi connectivity index (χ4v) is 3.16. The van der Waals surface area contributed by atoms with E-state index >= 15 is 0 Å². The van der Waals surface area contributed by atoms with Gasteiger partial charge in [-0.05, 0) is 54.4 Å². The first kappa shape index (κ1) is 16.9. The van der Waals surface area contributed by atoms with E-state index in [2.05, 4.69) is 5.32 Å². The number of carbonyl (C=O) groups is 1. The quantitative estimate of drug-likeness (QED) is 0.559. The van der Waals surface area contributed by atoms with Crippen LogP contribution in [0.15, 0.2) is 54.7 Å². The van der Waals surface area contributed by atoms with Crippen molar-refractivity contribution in [3.8, 4) is 5.75 Å². The van der Waals surface area contributed by atoms with Gasteiger partial charge >= 0.3 is 5.97 Å².